The lowest BCUT2D eigenvalue weighted by Gasteiger charge is -2.10. The number of carbonyl (C=O) groups is 1. The first-order valence-electron chi connectivity index (χ1n) is 11.2. The SMILES string of the molecule is CC1=C(CC(=O)Oc2ccc(CO[N+](=O)[O-])nc2C)c2cc(F)ccc2C1=Cc1ccc(S(C)=O)cc1.Cl. The molecule has 0 saturated heterocycles. The number of ether oxygens (including phenoxy) is 1. The molecule has 198 valence electrons. The third kappa shape index (κ3) is 6.51. The Hall–Kier alpha value is -3.89. The van der Waals surface area contributed by atoms with Gasteiger partial charge in [0.25, 0.3) is 5.09 Å². The Labute approximate surface area is 227 Å². The molecule has 0 aliphatic heterocycles. The van der Waals surface area contributed by atoms with Crippen LogP contribution in [0.1, 0.15) is 41.4 Å². The summed E-state index contributed by atoms with van der Waals surface area (Å²) in [4.78, 5) is 32.5. The highest BCUT2D eigenvalue weighted by atomic mass is 35.5. The Balaban J connectivity index is 0.00000400. The highest BCUT2D eigenvalue weighted by Gasteiger charge is 2.26. The molecule has 1 aliphatic rings. The van der Waals surface area contributed by atoms with Gasteiger partial charge in [-0.25, -0.2) is 4.39 Å². The molecule has 8 nitrogen and oxygen atoms in total. The van der Waals surface area contributed by atoms with Gasteiger partial charge in [0, 0.05) is 22.0 Å². The Morgan fingerprint density at radius 1 is 1.11 bits per heavy atom. The monoisotopic (exact) mass is 558 g/mol. The van der Waals surface area contributed by atoms with Crippen molar-refractivity contribution in [1.29, 1.82) is 0 Å². The second-order valence-electron chi connectivity index (χ2n) is 8.41. The summed E-state index contributed by atoms with van der Waals surface area (Å²) in [5, 5.41) is 9.47. The Morgan fingerprint density at radius 2 is 1.82 bits per heavy atom. The van der Waals surface area contributed by atoms with E-state index in [9.17, 15) is 23.5 Å². The molecular formula is C27H24ClFN2O6S. The van der Waals surface area contributed by atoms with E-state index in [2.05, 4.69) is 9.82 Å². The summed E-state index contributed by atoms with van der Waals surface area (Å²) in [5.74, 6) is -0.754. The number of carbonyl (C=O) groups excluding carboxylic acids is 1. The number of hydrogen-bond donors (Lipinski definition) is 0. The predicted octanol–water partition coefficient (Wildman–Crippen LogP) is 5.72. The van der Waals surface area contributed by atoms with Crippen LogP contribution in [0, 0.1) is 22.9 Å². The second kappa shape index (κ2) is 12.1. The van der Waals surface area contributed by atoms with Crippen LogP contribution in [-0.4, -0.2) is 26.5 Å². The van der Waals surface area contributed by atoms with E-state index >= 15 is 0 Å². The van der Waals surface area contributed by atoms with Gasteiger partial charge >= 0.3 is 5.97 Å². The van der Waals surface area contributed by atoms with Crippen molar-refractivity contribution in [2.75, 3.05) is 6.26 Å². The average Bonchev–Trinajstić information content (AvgIpc) is 3.09. The largest absolute Gasteiger partial charge is 0.424 e. The van der Waals surface area contributed by atoms with E-state index in [1.54, 1.807) is 31.4 Å². The number of halogens is 2. The van der Waals surface area contributed by atoms with Crippen molar-refractivity contribution in [3.8, 4) is 5.75 Å². The predicted molar refractivity (Wildman–Crippen MR) is 144 cm³/mol. The normalized spacial score (nSPS) is 14.1. The van der Waals surface area contributed by atoms with E-state index in [0.717, 1.165) is 27.2 Å². The van der Waals surface area contributed by atoms with E-state index in [0.29, 0.717) is 22.5 Å². The van der Waals surface area contributed by atoms with Crippen LogP contribution >= 0.6 is 12.4 Å². The van der Waals surface area contributed by atoms with Gasteiger partial charge in [0.05, 0.1) is 17.8 Å². The molecule has 0 N–H and O–H groups in total. The molecule has 0 fully saturated rings. The maximum absolute atomic E-state index is 14.2. The second-order valence-corrected chi connectivity index (χ2v) is 9.79. The molecular weight excluding hydrogens is 535 g/mol. The van der Waals surface area contributed by atoms with Crippen LogP contribution in [0.5, 0.6) is 5.75 Å². The Kier molecular flexibility index (Phi) is 9.13. The zero-order chi connectivity index (χ0) is 26.7. The fraction of sp³-hybridized carbons (Fsp3) is 0.185. The van der Waals surface area contributed by atoms with Crippen molar-refractivity contribution in [3.63, 3.8) is 0 Å². The van der Waals surface area contributed by atoms with E-state index in [-0.39, 0.29) is 31.2 Å². The summed E-state index contributed by atoms with van der Waals surface area (Å²) < 4.78 is 31.4. The number of fused-ring (bicyclic) bond motifs is 1. The molecule has 1 heterocycles. The van der Waals surface area contributed by atoms with Crippen LogP contribution in [0.4, 0.5) is 4.39 Å². The van der Waals surface area contributed by atoms with Crippen LogP contribution in [0.3, 0.4) is 0 Å². The van der Waals surface area contributed by atoms with E-state index in [1.807, 2.05) is 25.1 Å². The minimum Gasteiger partial charge on any atom is -0.424 e. The quantitative estimate of drug-likeness (QED) is 0.197. The number of aryl methyl sites for hydroxylation is 1. The number of allylic oxidation sites excluding steroid dienone is 2. The molecule has 11 heteroatoms. The highest BCUT2D eigenvalue weighted by molar-refractivity contribution is 7.84. The van der Waals surface area contributed by atoms with E-state index in [1.165, 1.54) is 24.3 Å². The van der Waals surface area contributed by atoms with Crippen LogP contribution < -0.4 is 4.74 Å². The van der Waals surface area contributed by atoms with Gasteiger partial charge in [-0.1, -0.05) is 18.2 Å². The van der Waals surface area contributed by atoms with Gasteiger partial charge in [0.15, 0.2) is 5.75 Å². The lowest BCUT2D eigenvalue weighted by atomic mass is 10.0. The maximum atomic E-state index is 14.2. The topological polar surface area (TPSA) is 109 Å². The van der Waals surface area contributed by atoms with Crippen LogP contribution in [0.25, 0.3) is 17.2 Å². The number of aromatic nitrogens is 1. The molecule has 1 aromatic heterocycles. The highest BCUT2D eigenvalue weighted by Crippen LogP contribution is 2.44. The first-order valence-corrected chi connectivity index (χ1v) is 12.8. The van der Waals surface area contributed by atoms with E-state index < -0.39 is 27.7 Å². The standard InChI is InChI=1S/C27H23FN2O6S.ClH/c1-16-23(12-18-4-8-21(9-5-18)37(3)34)22-10-6-19(28)13-25(22)24(16)14-27(31)36-26-11-7-20(29-17(26)2)15-35-30(32)33;/h4-13H,14-15H2,1-3H3;1H. The fourth-order valence-corrected chi connectivity index (χ4v) is 4.63. The zero-order valence-electron chi connectivity index (χ0n) is 20.7. The van der Waals surface area contributed by atoms with Crippen molar-refractivity contribution in [2.45, 2.75) is 31.8 Å². The maximum Gasteiger partial charge on any atom is 0.315 e. The molecule has 3 aromatic rings. The van der Waals surface area contributed by atoms with Crippen molar-refractivity contribution < 1.29 is 28.1 Å². The molecule has 0 radical (unpaired) electrons. The number of nitrogens with zero attached hydrogens (tertiary/aromatic N) is 2. The molecule has 0 bridgehead atoms. The molecule has 1 aliphatic carbocycles. The first kappa shape index (κ1) is 28.7. The number of esters is 1. The summed E-state index contributed by atoms with van der Waals surface area (Å²) in [6.45, 7) is 3.17. The minimum absolute atomic E-state index is 0. The van der Waals surface area contributed by atoms with Gasteiger partial charge in [-0.15, -0.1) is 22.5 Å². The summed E-state index contributed by atoms with van der Waals surface area (Å²) in [7, 11) is -1.08. The average molecular weight is 559 g/mol. The third-order valence-corrected chi connectivity index (χ3v) is 6.87. The summed E-state index contributed by atoms with van der Waals surface area (Å²) in [6.07, 6.45) is 3.47. The molecule has 2 aromatic carbocycles. The molecule has 1 atom stereocenters. The van der Waals surface area contributed by atoms with Crippen LogP contribution in [-0.2, 0) is 27.0 Å². The molecule has 0 saturated carbocycles. The molecule has 1 unspecified atom stereocenters. The lowest BCUT2D eigenvalue weighted by Crippen LogP contribution is -2.11. The number of rotatable bonds is 8. The molecule has 0 spiro atoms. The number of pyridine rings is 1. The summed E-state index contributed by atoms with van der Waals surface area (Å²) in [6, 6.07) is 14.8. The van der Waals surface area contributed by atoms with Crippen LogP contribution in [0.15, 0.2) is 65.1 Å². The number of benzene rings is 2. The third-order valence-electron chi connectivity index (χ3n) is 5.93. The summed E-state index contributed by atoms with van der Waals surface area (Å²) >= 11 is 0. The van der Waals surface area contributed by atoms with Gasteiger partial charge in [-0.2, -0.15) is 0 Å². The van der Waals surface area contributed by atoms with Crippen molar-refractivity contribution in [1.82, 2.24) is 4.98 Å². The zero-order valence-corrected chi connectivity index (χ0v) is 22.4. The van der Waals surface area contributed by atoms with Gasteiger partial charge in [0.2, 0.25) is 0 Å². The van der Waals surface area contributed by atoms with Gasteiger partial charge in [-0.05, 0) is 89.7 Å². The fourth-order valence-electron chi connectivity index (χ4n) is 4.11. The van der Waals surface area contributed by atoms with Crippen molar-refractivity contribution >= 4 is 46.4 Å². The van der Waals surface area contributed by atoms with Gasteiger partial charge < -0.3 is 9.57 Å². The molecule has 38 heavy (non-hydrogen) atoms. The van der Waals surface area contributed by atoms with Gasteiger partial charge in [0.1, 0.15) is 12.4 Å². The number of hydrogen-bond acceptors (Lipinski definition) is 7. The van der Waals surface area contributed by atoms with Crippen molar-refractivity contribution in [3.05, 3.63) is 104 Å². The van der Waals surface area contributed by atoms with E-state index in [4.69, 9.17) is 4.74 Å². The van der Waals surface area contributed by atoms with Gasteiger partial charge in [-0.3, -0.25) is 14.0 Å². The first-order chi connectivity index (χ1) is 17.6. The lowest BCUT2D eigenvalue weighted by molar-refractivity contribution is -0.763. The molecule has 0 amide bonds. The Bertz CT molecular complexity index is 1490. The Morgan fingerprint density at radius 3 is 2.45 bits per heavy atom. The smallest absolute Gasteiger partial charge is 0.315 e. The van der Waals surface area contributed by atoms with Crippen molar-refractivity contribution in [2.24, 2.45) is 0 Å². The summed E-state index contributed by atoms with van der Waals surface area (Å²) in [5.41, 5.74) is 5.33. The molecule has 4 rings (SSSR count). The minimum atomic E-state index is -1.08. The van der Waals surface area contributed by atoms with Crippen LogP contribution in [0.2, 0.25) is 0 Å².